The fraction of sp³-hybridized carbons (Fsp3) is 1.00. The first-order valence-electron chi connectivity index (χ1n) is 8.26. The molecule has 0 heterocycles. The number of methoxy groups -OCH3 is 2. The highest BCUT2D eigenvalue weighted by atomic mass is 16.5. The average Bonchev–Trinajstić information content (AvgIpc) is 2.42. The van der Waals surface area contributed by atoms with E-state index in [1.54, 1.807) is 14.2 Å². The van der Waals surface area contributed by atoms with Crippen LogP contribution in [0.15, 0.2) is 0 Å². The Bertz CT molecular complexity index is 270. The van der Waals surface area contributed by atoms with E-state index < -0.39 is 0 Å². The van der Waals surface area contributed by atoms with Gasteiger partial charge < -0.3 is 14.6 Å². The highest BCUT2D eigenvalue weighted by molar-refractivity contribution is 4.87. The van der Waals surface area contributed by atoms with Gasteiger partial charge in [0.05, 0.1) is 19.3 Å². The van der Waals surface area contributed by atoms with Crippen molar-refractivity contribution in [2.75, 3.05) is 47.1 Å². The SMILES string of the molecule is COCCN(CCOC)CC1CC(C(C)(C)C)CCC1O. The van der Waals surface area contributed by atoms with Crippen molar-refractivity contribution in [2.45, 2.75) is 46.1 Å². The highest BCUT2D eigenvalue weighted by Gasteiger charge is 2.35. The lowest BCUT2D eigenvalue weighted by molar-refractivity contribution is -0.00309. The van der Waals surface area contributed by atoms with E-state index in [4.69, 9.17) is 9.47 Å². The zero-order valence-electron chi connectivity index (χ0n) is 14.6. The molecule has 3 unspecified atom stereocenters. The van der Waals surface area contributed by atoms with Crippen LogP contribution in [0.5, 0.6) is 0 Å². The van der Waals surface area contributed by atoms with E-state index in [0.29, 0.717) is 17.3 Å². The minimum Gasteiger partial charge on any atom is -0.393 e. The normalized spacial score (nSPS) is 27.3. The Balaban J connectivity index is 2.57. The molecule has 126 valence electrons. The predicted molar refractivity (Wildman–Crippen MR) is 86.5 cm³/mol. The van der Waals surface area contributed by atoms with Crippen molar-refractivity contribution in [2.24, 2.45) is 17.3 Å². The molecule has 0 aliphatic heterocycles. The minimum absolute atomic E-state index is 0.156. The number of hydrogen-bond donors (Lipinski definition) is 1. The van der Waals surface area contributed by atoms with Crippen molar-refractivity contribution in [1.29, 1.82) is 0 Å². The van der Waals surface area contributed by atoms with Crippen LogP contribution in [-0.4, -0.2) is 63.2 Å². The Hall–Kier alpha value is -0.160. The first-order valence-corrected chi connectivity index (χ1v) is 8.26. The lowest BCUT2D eigenvalue weighted by Gasteiger charge is -2.41. The Labute approximate surface area is 130 Å². The van der Waals surface area contributed by atoms with Crippen LogP contribution in [0.3, 0.4) is 0 Å². The van der Waals surface area contributed by atoms with Crippen molar-refractivity contribution >= 4 is 0 Å². The summed E-state index contributed by atoms with van der Waals surface area (Å²) < 4.78 is 10.4. The zero-order chi connectivity index (χ0) is 15.9. The topological polar surface area (TPSA) is 41.9 Å². The van der Waals surface area contributed by atoms with Crippen LogP contribution in [0.4, 0.5) is 0 Å². The number of aliphatic hydroxyl groups is 1. The molecule has 0 aromatic rings. The summed E-state index contributed by atoms with van der Waals surface area (Å²) >= 11 is 0. The van der Waals surface area contributed by atoms with Crippen LogP contribution in [0.2, 0.25) is 0 Å². The molecular formula is C17H35NO3. The lowest BCUT2D eigenvalue weighted by Crippen LogP contribution is -2.43. The van der Waals surface area contributed by atoms with Crippen LogP contribution in [0, 0.1) is 17.3 Å². The molecule has 1 aliphatic rings. The largest absolute Gasteiger partial charge is 0.393 e. The molecule has 0 aromatic heterocycles. The van der Waals surface area contributed by atoms with Crippen molar-refractivity contribution in [1.82, 2.24) is 4.90 Å². The molecule has 21 heavy (non-hydrogen) atoms. The quantitative estimate of drug-likeness (QED) is 0.747. The van der Waals surface area contributed by atoms with Gasteiger partial charge in [0.2, 0.25) is 0 Å². The fourth-order valence-electron chi connectivity index (χ4n) is 3.30. The van der Waals surface area contributed by atoms with E-state index >= 15 is 0 Å². The van der Waals surface area contributed by atoms with E-state index in [0.717, 1.165) is 52.1 Å². The molecule has 0 radical (unpaired) electrons. The van der Waals surface area contributed by atoms with Gasteiger partial charge in [0, 0.05) is 33.9 Å². The van der Waals surface area contributed by atoms with Gasteiger partial charge in [-0.3, -0.25) is 4.90 Å². The molecule has 3 atom stereocenters. The predicted octanol–water partition coefficient (Wildman–Crippen LogP) is 2.40. The standard InChI is InChI=1S/C17H35NO3/c1-17(2,3)15-6-7-16(19)14(12-15)13-18(8-10-20-4)9-11-21-5/h14-16,19H,6-13H2,1-5H3. The summed E-state index contributed by atoms with van der Waals surface area (Å²) in [6, 6.07) is 0. The molecule has 0 bridgehead atoms. The van der Waals surface area contributed by atoms with Crippen LogP contribution >= 0.6 is 0 Å². The Morgan fingerprint density at radius 1 is 1.05 bits per heavy atom. The molecule has 1 rings (SSSR count). The monoisotopic (exact) mass is 301 g/mol. The van der Waals surface area contributed by atoms with Crippen LogP contribution < -0.4 is 0 Å². The van der Waals surface area contributed by atoms with Crippen LogP contribution in [0.25, 0.3) is 0 Å². The molecule has 4 nitrogen and oxygen atoms in total. The van der Waals surface area contributed by atoms with E-state index in [-0.39, 0.29) is 6.10 Å². The van der Waals surface area contributed by atoms with Crippen molar-refractivity contribution in [3.8, 4) is 0 Å². The molecule has 0 amide bonds. The molecule has 0 aromatic carbocycles. The van der Waals surface area contributed by atoms with E-state index in [1.807, 2.05) is 0 Å². The summed E-state index contributed by atoms with van der Waals surface area (Å²) in [6.45, 7) is 11.2. The van der Waals surface area contributed by atoms with Gasteiger partial charge in [-0.25, -0.2) is 0 Å². The second-order valence-corrected chi connectivity index (χ2v) is 7.49. The molecule has 1 saturated carbocycles. The van der Waals surface area contributed by atoms with Gasteiger partial charge in [-0.2, -0.15) is 0 Å². The number of hydrogen-bond acceptors (Lipinski definition) is 4. The molecule has 1 fully saturated rings. The third-order valence-corrected chi connectivity index (χ3v) is 4.88. The summed E-state index contributed by atoms with van der Waals surface area (Å²) in [5.74, 6) is 1.08. The zero-order valence-corrected chi connectivity index (χ0v) is 14.6. The fourth-order valence-corrected chi connectivity index (χ4v) is 3.30. The summed E-state index contributed by atoms with van der Waals surface area (Å²) in [4.78, 5) is 2.37. The Kier molecular flexibility index (Phi) is 8.17. The molecule has 1 aliphatic carbocycles. The van der Waals surface area contributed by atoms with Crippen LogP contribution in [-0.2, 0) is 9.47 Å². The number of aliphatic hydroxyl groups excluding tert-OH is 1. The highest BCUT2D eigenvalue weighted by Crippen LogP contribution is 2.40. The number of rotatable bonds is 8. The summed E-state index contributed by atoms with van der Waals surface area (Å²) in [6.07, 6.45) is 3.06. The third-order valence-electron chi connectivity index (χ3n) is 4.88. The lowest BCUT2D eigenvalue weighted by atomic mass is 9.68. The first-order chi connectivity index (χ1) is 9.88. The van der Waals surface area contributed by atoms with Gasteiger partial charge in [0.1, 0.15) is 0 Å². The van der Waals surface area contributed by atoms with Crippen molar-refractivity contribution < 1.29 is 14.6 Å². The number of nitrogens with zero attached hydrogens (tertiary/aromatic N) is 1. The third kappa shape index (κ3) is 6.64. The van der Waals surface area contributed by atoms with Crippen molar-refractivity contribution in [3.05, 3.63) is 0 Å². The van der Waals surface area contributed by atoms with Gasteiger partial charge in [-0.15, -0.1) is 0 Å². The van der Waals surface area contributed by atoms with Crippen LogP contribution in [0.1, 0.15) is 40.0 Å². The molecular weight excluding hydrogens is 266 g/mol. The molecule has 1 N–H and O–H groups in total. The molecule has 4 heteroatoms. The number of ether oxygens (including phenoxy) is 2. The van der Waals surface area contributed by atoms with Gasteiger partial charge in [-0.05, 0) is 36.5 Å². The summed E-state index contributed by atoms with van der Waals surface area (Å²) in [5.41, 5.74) is 0.336. The molecule has 0 saturated heterocycles. The Morgan fingerprint density at radius 2 is 1.62 bits per heavy atom. The van der Waals surface area contributed by atoms with Gasteiger partial charge in [-0.1, -0.05) is 20.8 Å². The van der Waals surface area contributed by atoms with E-state index in [2.05, 4.69) is 25.7 Å². The second-order valence-electron chi connectivity index (χ2n) is 7.49. The summed E-state index contributed by atoms with van der Waals surface area (Å²) in [5, 5.41) is 10.4. The average molecular weight is 301 g/mol. The van der Waals surface area contributed by atoms with Gasteiger partial charge in [0.25, 0.3) is 0 Å². The van der Waals surface area contributed by atoms with E-state index in [1.165, 1.54) is 0 Å². The summed E-state index contributed by atoms with van der Waals surface area (Å²) in [7, 11) is 3.47. The maximum Gasteiger partial charge on any atom is 0.0589 e. The second kappa shape index (κ2) is 9.09. The first kappa shape index (κ1) is 18.9. The van der Waals surface area contributed by atoms with Gasteiger partial charge in [0.15, 0.2) is 0 Å². The minimum atomic E-state index is -0.156. The maximum atomic E-state index is 10.4. The van der Waals surface area contributed by atoms with Gasteiger partial charge >= 0.3 is 0 Å². The molecule has 0 spiro atoms. The van der Waals surface area contributed by atoms with E-state index in [9.17, 15) is 5.11 Å². The Morgan fingerprint density at radius 3 is 2.10 bits per heavy atom. The maximum absolute atomic E-state index is 10.4. The smallest absolute Gasteiger partial charge is 0.0589 e. The van der Waals surface area contributed by atoms with Crippen molar-refractivity contribution in [3.63, 3.8) is 0 Å².